The van der Waals surface area contributed by atoms with E-state index >= 15 is 0 Å². The van der Waals surface area contributed by atoms with Gasteiger partial charge in [0.25, 0.3) is 0 Å². The van der Waals surface area contributed by atoms with Crippen molar-refractivity contribution in [1.82, 2.24) is 15.8 Å². The smallest absolute Gasteiger partial charge is 0.241 e. The SMILES string of the molecule is CC(C)C1CC(C(=O)N2CCC(Cc3cccc(-c4cccs4)c3)(C(N)=O)C2)NN1. The molecular formula is C23H30N4O2S. The number of carbonyl (C=O) groups is 2. The van der Waals surface area contributed by atoms with Gasteiger partial charge >= 0.3 is 0 Å². The molecule has 2 aliphatic rings. The predicted molar refractivity (Wildman–Crippen MR) is 120 cm³/mol. The standard InChI is InChI=1S/C23H30N4O2S/c1-15(2)18-12-19(26-25-18)21(28)27-9-8-23(14-27,22(24)29)13-16-5-3-6-17(11-16)20-7-4-10-30-20/h3-7,10-11,15,18-19,25-26H,8-9,12-14H2,1-2H3,(H2,24,29). The lowest BCUT2D eigenvalue weighted by Gasteiger charge is -2.27. The van der Waals surface area contributed by atoms with Crippen LogP contribution in [0, 0.1) is 11.3 Å². The first kappa shape index (κ1) is 21.0. The normalized spacial score (nSPS) is 26.4. The molecule has 1 aromatic heterocycles. The van der Waals surface area contributed by atoms with Crippen molar-refractivity contribution >= 4 is 23.2 Å². The third-order valence-corrected chi connectivity index (χ3v) is 7.42. The molecule has 2 aromatic rings. The van der Waals surface area contributed by atoms with E-state index in [0.29, 0.717) is 31.8 Å². The Bertz CT molecular complexity index is 914. The van der Waals surface area contributed by atoms with E-state index in [9.17, 15) is 9.59 Å². The molecule has 3 heterocycles. The zero-order valence-corrected chi connectivity index (χ0v) is 18.4. The van der Waals surface area contributed by atoms with E-state index in [4.69, 9.17) is 5.73 Å². The van der Waals surface area contributed by atoms with Gasteiger partial charge in [-0.2, -0.15) is 0 Å². The van der Waals surface area contributed by atoms with E-state index < -0.39 is 5.41 Å². The lowest BCUT2D eigenvalue weighted by molar-refractivity contribution is -0.133. The van der Waals surface area contributed by atoms with Crippen LogP contribution in [0.2, 0.25) is 0 Å². The summed E-state index contributed by atoms with van der Waals surface area (Å²) in [4.78, 5) is 28.6. The monoisotopic (exact) mass is 426 g/mol. The van der Waals surface area contributed by atoms with Crippen molar-refractivity contribution in [3.8, 4) is 10.4 Å². The van der Waals surface area contributed by atoms with Gasteiger partial charge in [0.2, 0.25) is 11.8 Å². The lowest BCUT2D eigenvalue weighted by Crippen LogP contribution is -2.47. The molecule has 2 fully saturated rings. The third kappa shape index (κ3) is 4.15. The third-order valence-electron chi connectivity index (χ3n) is 6.50. The van der Waals surface area contributed by atoms with Crippen LogP contribution in [-0.4, -0.2) is 41.9 Å². The average Bonchev–Trinajstić information content (AvgIpc) is 3.48. The van der Waals surface area contributed by atoms with Gasteiger partial charge in [-0.05, 0) is 47.8 Å². The van der Waals surface area contributed by atoms with Crippen molar-refractivity contribution in [1.29, 1.82) is 0 Å². The van der Waals surface area contributed by atoms with Gasteiger partial charge < -0.3 is 10.6 Å². The maximum Gasteiger partial charge on any atom is 0.241 e. The molecule has 160 valence electrons. The van der Waals surface area contributed by atoms with E-state index in [2.05, 4.69) is 48.3 Å². The number of rotatable bonds is 6. The first-order valence-electron chi connectivity index (χ1n) is 10.6. The quantitative estimate of drug-likeness (QED) is 0.663. The van der Waals surface area contributed by atoms with E-state index in [1.54, 1.807) is 11.3 Å². The van der Waals surface area contributed by atoms with Crippen molar-refractivity contribution in [2.75, 3.05) is 13.1 Å². The van der Waals surface area contributed by atoms with Crippen LogP contribution >= 0.6 is 11.3 Å². The molecule has 2 amide bonds. The summed E-state index contributed by atoms with van der Waals surface area (Å²) in [6.07, 6.45) is 1.92. The second-order valence-electron chi connectivity index (χ2n) is 8.94. The van der Waals surface area contributed by atoms with Gasteiger partial charge in [0.1, 0.15) is 6.04 Å². The van der Waals surface area contributed by atoms with Crippen LogP contribution in [-0.2, 0) is 16.0 Å². The fourth-order valence-electron chi connectivity index (χ4n) is 4.56. The lowest BCUT2D eigenvalue weighted by atomic mass is 9.80. The molecule has 0 saturated carbocycles. The van der Waals surface area contributed by atoms with Gasteiger partial charge in [0.15, 0.2) is 0 Å². The zero-order chi connectivity index (χ0) is 21.3. The molecular weight excluding hydrogens is 396 g/mol. The average molecular weight is 427 g/mol. The summed E-state index contributed by atoms with van der Waals surface area (Å²) in [6, 6.07) is 12.5. The van der Waals surface area contributed by atoms with E-state index in [-0.39, 0.29) is 23.9 Å². The number of benzene rings is 1. The number of nitrogens with zero attached hydrogens (tertiary/aromatic N) is 1. The number of thiophene rings is 1. The van der Waals surface area contributed by atoms with Gasteiger partial charge in [-0.25, -0.2) is 5.43 Å². The van der Waals surface area contributed by atoms with Crippen LogP contribution in [0.25, 0.3) is 10.4 Å². The van der Waals surface area contributed by atoms with Crippen LogP contribution in [0.15, 0.2) is 41.8 Å². The molecule has 3 atom stereocenters. The molecule has 1 aromatic carbocycles. The molecule has 2 aliphatic heterocycles. The molecule has 0 spiro atoms. The number of hydrogen-bond donors (Lipinski definition) is 3. The number of amides is 2. The van der Waals surface area contributed by atoms with Crippen molar-refractivity contribution in [2.45, 2.75) is 45.2 Å². The Balaban J connectivity index is 1.48. The highest BCUT2D eigenvalue weighted by molar-refractivity contribution is 7.13. The Morgan fingerprint density at radius 3 is 2.77 bits per heavy atom. The van der Waals surface area contributed by atoms with Crippen LogP contribution in [0.3, 0.4) is 0 Å². The number of nitrogens with two attached hydrogens (primary N) is 1. The minimum atomic E-state index is -0.715. The molecule has 2 saturated heterocycles. The maximum absolute atomic E-state index is 13.1. The van der Waals surface area contributed by atoms with Crippen molar-refractivity contribution in [2.24, 2.45) is 17.1 Å². The van der Waals surface area contributed by atoms with Crippen LogP contribution in [0.5, 0.6) is 0 Å². The predicted octanol–water partition coefficient (Wildman–Crippen LogP) is 2.55. The number of primary amides is 1. The van der Waals surface area contributed by atoms with Gasteiger partial charge in [-0.1, -0.05) is 44.2 Å². The molecule has 0 aliphatic carbocycles. The van der Waals surface area contributed by atoms with Crippen LogP contribution in [0.1, 0.15) is 32.3 Å². The van der Waals surface area contributed by atoms with Crippen molar-refractivity contribution in [3.05, 3.63) is 47.3 Å². The molecule has 0 radical (unpaired) electrons. The molecule has 30 heavy (non-hydrogen) atoms. The molecule has 4 N–H and O–H groups in total. The topological polar surface area (TPSA) is 87.5 Å². The summed E-state index contributed by atoms with van der Waals surface area (Å²) >= 11 is 1.70. The van der Waals surface area contributed by atoms with Gasteiger partial charge in [-0.15, -0.1) is 11.3 Å². The van der Waals surface area contributed by atoms with Gasteiger partial charge in [-0.3, -0.25) is 15.0 Å². The Labute approximate surface area is 181 Å². The highest BCUT2D eigenvalue weighted by Gasteiger charge is 2.46. The summed E-state index contributed by atoms with van der Waals surface area (Å²) in [5.41, 5.74) is 13.8. The molecule has 3 unspecified atom stereocenters. The molecule has 0 bridgehead atoms. The van der Waals surface area contributed by atoms with Crippen LogP contribution < -0.4 is 16.6 Å². The largest absolute Gasteiger partial charge is 0.369 e. The summed E-state index contributed by atoms with van der Waals surface area (Å²) in [5.74, 6) is 0.187. The van der Waals surface area contributed by atoms with Crippen molar-refractivity contribution in [3.63, 3.8) is 0 Å². The fraction of sp³-hybridized carbons (Fsp3) is 0.478. The second-order valence-corrected chi connectivity index (χ2v) is 9.88. The Kier molecular flexibility index (Phi) is 5.95. The number of carbonyl (C=O) groups excluding carboxylic acids is 2. The number of hydrogen-bond acceptors (Lipinski definition) is 5. The Morgan fingerprint density at radius 1 is 1.27 bits per heavy atom. The number of nitrogens with one attached hydrogen (secondary N) is 2. The summed E-state index contributed by atoms with van der Waals surface area (Å²) in [7, 11) is 0. The minimum Gasteiger partial charge on any atom is -0.369 e. The Hall–Kier alpha value is -2.22. The minimum absolute atomic E-state index is 0.0566. The molecule has 7 heteroatoms. The first-order valence-corrected chi connectivity index (χ1v) is 11.5. The highest BCUT2D eigenvalue weighted by atomic mass is 32.1. The summed E-state index contributed by atoms with van der Waals surface area (Å²) in [6.45, 7) is 5.24. The zero-order valence-electron chi connectivity index (χ0n) is 17.6. The van der Waals surface area contributed by atoms with E-state index in [1.165, 1.54) is 4.88 Å². The van der Waals surface area contributed by atoms with Gasteiger partial charge in [0.05, 0.1) is 5.41 Å². The second kappa shape index (κ2) is 8.49. The summed E-state index contributed by atoms with van der Waals surface area (Å²) in [5, 5.41) is 2.06. The Morgan fingerprint density at radius 2 is 2.10 bits per heavy atom. The fourth-order valence-corrected chi connectivity index (χ4v) is 5.29. The maximum atomic E-state index is 13.1. The van der Waals surface area contributed by atoms with Crippen molar-refractivity contribution < 1.29 is 9.59 Å². The number of likely N-dealkylation sites (tertiary alicyclic amines) is 1. The first-order chi connectivity index (χ1) is 14.4. The van der Waals surface area contributed by atoms with Crippen LogP contribution in [0.4, 0.5) is 0 Å². The molecule has 6 nitrogen and oxygen atoms in total. The molecule has 4 rings (SSSR count). The summed E-state index contributed by atoms with van der Waals surface area (Å²) < 4.78 is 0. The van der Waals surface area contributed by atoms with E-state index in [0.717, 1.165) is 17.5 Å². The highest BCUT2D eigenvalue weighted by Crippen LogP contribution is 2.36. The number of hydrazine groups is 1. The van der Waals surface area contributed by atoms with E-state index in [1.807, 2.05) is 23.1 Å². The van der Waals surface area contributed by atoms with Gasteiger partial charge in [0, 0.05) is 24.0 Å².